The number of fused-ring (bicyclic) bond motifs is 1. The number of carbonyl (C=O) groups excluding carboxylic acids is 1. The fraction of sp³-hybridized carbons (Fsp3) is 0.696. The monoisotopic (exact) mass is 568 g/mol. The number of hydrogen-bond acceptors (Lipinski definition) is 10. The maximum atomic E-state index is 12.8. The van der Waals surface area contributed by atoms with E-state index in [4.69, 9.17) is 24.8 Å². The lowest BCUT2D eigenvalue weighted by atomic mass is 10.1. The zero-order valence-electron chi connectivity index (χ0n) is 23.7. The molecule has 208 valence electrons. The number of aromatic nitrogens is 4. The average Bonchev–Trinajstić information content (AvgIpc) is 3.40. The highest BCUT2D eigenvalue weighted by Crippen LogP contribution is 2.45. The number of imidazole rings is 1. The summed E-state index contributed by atoms with van der Waals surface area (Å²) in [6.07, 6.45) is -2.28. The molecule has 38 heavy (non-hydrogen) atoms. The number of hydrogen-bond donors (Lipinski definition) is 2. The van der Waals surface area contributed by atoms with Crippen LogP contribution in [0.5, 0.6) is 0 Å². The fourth-order valence-electron chi connectivity index (χ4n) is 3.43. The Hall–Kier alpha value is -2.53. The number of carbonyl (C=O) groups is 1. The summed E-state index contributed by atoms with van der Waals surface area (Å²) < 4.78 is 46.2. The van der Waals surface area contributed by atoms with Gasteiger partial charge in [-0.3, -0.25) is 24.5 Å². The van der Waals surface area contributed by atoms with Crippen molar-refractivity contribution in [3.8, 4) is 6.07 Å². The molecule has 3 rings (SSSR count). The molecule has 0 aliphatic carbocycles. The number of amides is 1. The van der Waals surface area contributed by atoms with Gasteiger partial charge in [0.15, 0.2) is 31.8 Å². The van der Waals surface area contributed by atoms with Crippen LogP contribution in [0.4, 0.5) is 5.95 Å². The minimum atomic E-state index is -2.69. The molecule has 0 aromatic carbocycles. The third-order valence-electron chi connectivity index (χ3n) is 6.61. The zero-order chi connectivity index (χ0) is 29.1. The molecule has 2 N–H and O–H groups in total. The van der Waals surface area contributed by atoms with Crippen molar-refractivity contribution < 1.29 is 28.9 Å². The first-order chi connectivity index (χ1) is 18.2. The Morgan fingerprint density at radius 3 is 2.74 bits per heavy atom. The van der Waals surface area contributed by atoms with Crippen molar-refractivity contribution in [1.82, 2.24) is 19.5 Å². The minimum Gasteiger partial charge on any atom is -0.408 e. The van der Waals surface area contributed by atoms with Gasteiger partial charge in [0.25, 0.3) is 5.56 Å². The zero-order valence-corrected chi connectivity index (χ0v) is 24.6. The Labute approximate surface area is 224 Å². The van der Waals surface area contributed by atoms with Gasteiger partial charge < -0.3 is 9.16 Å². The molecule has 1 aliphatic heterocycles. The number of aromatic amines is 1. The van der Waals surface area contributed by atoms with Gasteiger partial charge in [-0.05, 0) is 25.0 Å². The standard InChI is InChI=1S/C23H35N6O7PSi/c1-13(2)19(30)27-22-26-18-15(20(31)28-22)25-12-29(18)21-17(35-37(32)33-11-9-10-24)16(14(3)34-21)36-38(7,8)23(4,5)6/h12-14,16-17,21H,9,11H2,1-8H3,(H-,26,27,28,30,31)/p+1/i3D. The maximum Gasteiger partial charge on any atom is 0.697 e. The van der Waals surface area contributed by atoms with E-state index in [9.17, 15) is 14.2 Å². The number of ether oxygens (including phenoxy) is 1. The van der Waals surface area contributed by atoms with E-state index in [2.05, 4.69) is 41.0 Å². The molecule has 13 nitrogen and oxygen atoms in total. The quantitative estimate of drug-likeness (QED) is 0.243. The van der Waals surface area contributed by atoms with Crippen LogP contribution in [-0.4, -0.2) is 58.7 Å². The van der Waals surface area contributed by atoms with E-state index in [0.29, 0.717) is 0 Å². The van der Waals surface area contributed by atoms with Gasteiger partial charge in [0.05, 0.1) is 24.9 Å². The Kier molecular flexibility index (Phi) is 8.76. The molecule has 1 saturated heterocycles. The van der Waals surface area contributed by atoms with Crippen molar-refractivity contribution in [2.45, 2.75) is 90.6 Å². The first-order valence-electron chi connectivity index (χ1n) is 12.9. The summed E-state index contributed by atoms with van der Waals surface area (Å²) in [7, 11) is -5.12. The number of anilines is 1. The highest BCUT2D eigenvalue weighted by Gasteiger charge is 2.54. The second-order valence-corrected chi connectivity index (χ2v) is 16.5. The maximum absolute atomic E-state index is 12.8. The largest absolute Gasteiger partial charge is 0.697 e. The second kappa shape index (κ2) is 11.7. The van der Waals surface area contributed by atoms with Gasteiger partial charge in [-0.25, -0.2) is 4.98 Å². The van der Waals surface area contributed by atoms with Gasteiger partial charge in [0, 0.05) is 11.9 Å². The van der Waals surface area contributed by atoms with Crippen molar-refractivity contribution in [3.63, 3.8) is 0 Å². The first kappa shape index (κ1) is 28.5. The number of H-pyrrole nitrogens is 1. The molecule has 0 bridgehead atoms. The van der Waals surface area contributed by atoms with E-state index in [1.54, 1.807) is 13.8 Å². The molecule has 1 fully saturated rings. The van der Waals surface area contributed by atoms with Crippen LogP contribution in [0.1, 0.15) is 55.5 Å². The van der Waals surface area contributed by atoms with E-state index in [1.165, 1.54) is 10.9 Å². The molecular formula is C23H36N6O7PSi+. The predicted molar refractivity (Wildman–Crippen MR) is 142 cm³/mol. The Morgan fingerprint density at radius 2 is 2.13 bits per heavy atom. The molecule has 1 amide bonds. The molecule has 0 spiro atoms. The van der Waals surface area contributed by atoms with Crippen LogP contribution in [0.2, 0.25) is 18.1 Å². The molecular weight excluding hydrogens is 531 g/mol. The van der Waals surface area contributed by atoms with Crippen molar-refractivity contribution in [2.75, 3.05) is 11.9 Å². The second-order valence-electron chi connectivity index (χ2n) is 10.8. The van der Waals surface area contributed by atoms with Crippen molar-refractivity contribution in [2.24, 2.45) is 5.92 Å². The minimum absolute atomic E-state index is 0.00857. The van der Waals surface area contributed by atoms with Crippen LogP contribution in [0, 0.1) is 17.2 Å². The van der Waals surface area contributed by atoms with E-state index in [1.807, 2.05) is 19.2 Å². The SMILES string of the molecule is [2H]CC1OC(n2cnc3c(=O)[nH]c(NC(=O)C(C)C)nc32)C(O[P+](=O)OCCC#N)C1O[Si](C)(C)C(C)(C)C. The van der Waals surface area contributed by atoms with Crippen molar-refractivity contribution in [1.29, 1.82) is 5.26 Å². The van der Waals surface area contributed by atoms with Gasteiger partial charge in [0.1, 0.15) is 12.7 Å². The molecule has 15 heteroatoms. The normalized spacial score (nSPS) is 22.9. The van der Waals surface area contributed by atoms with Crippen LogP contribution in [0.15, 0.2) is 11.1 Å². The lowest BCUT2D eigenvalue weighted by Gasteiger charge is -2.39. The average molecular weight is 569 g/mol. The fourth-order valence-corrected chi connectivity index (χ4v) is 5.48. The lowest BCUT2D eigenvalue weighted by molar-refractivity contribution is -0.118. The molecule has 2 aromatic heterocycles. The molecule has 0 saturated carbocycles. The Balaban J connectivity index is 2.06. The summed E-state index contributed by atoms with van der Waals surface area (Å²) in [5.74, 6) is -0.763. The molecule has 1 aliphatic rings. The highest BCUT2D eigenvalue weighted by molar-refractivity contribution is 7.33. The van der Waals surface area contributed by atoms with Crippen LogP contribution in [0.25, 0.3) is 11.2 Å². The van der Waals surface area contributed by atoms with Gasteiger partial charge >= 0.3 is 8.25 Å². The van der Waals surface area contributed by atoms with E-state index in [-0.39, 0.29) is 53.9 Å². The number of nitriles is 1. The number of nitrogens with one attached hydrogen (secondary N) is 2. The third kappa shape index (κ3) is 6.54. The summed E-state index contributed by atoms with van der Waals surface area (Å²) >= 11 is 0. The number of nitrogens with zero attached hydrogens (tertiary/aromatic N) is 4. The first-order valence-corrected chi connectivity index (χ1v) is 16.2. The summed E-state index contributed by atoms with van der Waals surface area (Å²) in [6.45, 7) is 13.4. The van der Waals surface area contributed by atoms with E-state index < -0.39 is 46.7 Å². The molecule has 5 atom stereocenters. The van der Waals surface area contributed by atoms with E-state index >= 15 is 0 Å². The van der Waals surface area contributed by atoms with Gasteiger partial charge in [0.2, 0.25) is 11.9 Å². The van der Waals surface area contributed by atoms with E-state index in [0.717, 1.165) is 0 Å². The van der Waals surface area contributed by atoms with Crippen LogP contribution < -0.4 is 10.9 Å². The van der Waals surface area contributed by atoms with Crippen molar-refractivity contribution >= 4 is 39.6 Å². The lowest BCUT2D eigenvalue weighted by Crippen LogP contribution is -2.49. The Bertz CT molecular complexity index is 1300. The predicted octanol–water partition coefficient (Wildman–Crippen LogP) is 3.99. The summed E-state index contributed by atoms with van der Waals surface area (Å²) in [6, 6.07) is 1.91. The van der Waals surface area contributed by atoms with Crippen LogP contribution >= 0.6 is 8.25 Å². The number of rotatable bonds is 10. The molecule has 3 heterocycles. The molecule has 2 aromatic rings. The van der Waals surface area contributed by atoms with Gasteiger partial charge in [-0.2, -0.15) is 10.2 Å². The summed E-state index contributed by atoms with van der Waals surface area (Å²) in [4.78, 5) is 36.0. The molecule has 0 radical (unpaired) electrons. The van der Waals surface area contributed by atoms with Crippen LogP contribution in [0.3, 0.4) is 0 Å². The molecule has 5 unspecified atom stereocenters. The Morgan fingerprint density at radius 1 is 1.42 bits per heavy atom. The van der Waals surface area contributed by atoms with Crippen molar-refractivity contribution in [3.05, 3.63) is 16.7 Å². The van der Waals surface area contributed by atoms with Gasteiger partial charge in [-0.1, -0.05) is 34.6 Å². The summed E-state index contributed by atoms with van der Waals surface area (Å²) in [5, 5.41) is 11.2. The van der Waals surface area contributed by atoms with Crippen LogP contribution in [-0.2, 0) is 27.6 Å². The highest BCUT2D eigenvalue weighted by atomic mass is 31.1. The smallest absolute Gasteiger partial charge is 0.408 e. The van der Waals surface area contributed by atoms with Gasteiger partial charge in [-0.15, -0.1) is 9.05 Å². The topological polar surface area (TPSA) is 170 Å². The summed E-state index contributed by atoms with van der Waals surface area (Å²) in [5.41, 5.74) is -0.496. The third-order valence-corrected chi connectivity index (χ3v) is 11.9.